The van der Waals surface area contributed by atoms with Crippen molar-refractivity contribution in [2.75, 3.05) is 0 Å². The van der Waals surface area contributed by atoms with Crippen LogP contribution in [0.25, 0.3) is 0 Å². The lowest BCUT2D eigenvalue weighted by Crippen LogP contribution is -2.29. The van der Waals surface area contributed by atoms with Crippen molar-refractivity contribution in [3.63, 3.8) is 0 Å². The predicted octanol–water partition coefficient (Wildman–Crippen LogP) is 2.77. The second-order valence-electron chi connectivity index (χ2n) is 4.80. The molecule has 0 spiro atoms. The number of halogens is 1. The summed E-state index contributed by atoms with van der Waals surface area (Å²) in [6.07, 6.45) is 3.74. The molecule has 0 bridgehead atoms. The molecular formula is C16H20ClN3O. The first-order chi connectivity index (χ1) is 9.66. The number of pyridine rings is 1. The maximum absolute atomic E-state index is 12.0. The van der Waals surface area contributed by atoms with Crippen molar-refractivity contribution in [3.05, 3.63) is 66.0 Å². The smallest absolute Gasteiger partial charge is 0.222 e. The molecular weight excluding hydrogens is 286 g/mol. The summed E-state index contributed by atoms with van der Waals surface area (Å²) in [4.78, 5) is 16.0. The van der Waals surface area contributed by atoms with Crippen LogP contribution in [0, 0.1) is 0 Å². The number of amides is 1. The summed E-state index contributed by atoms with van der Waals surface area (Å²) in [7, 11) is 0. The number of benzene rings is 1. The molecule has 2 aromatic rings. The Morgan fingerprint density at radius 1 is 1.19 bits per heavy atom. The summed E-state index contributed by atoms with van der Waals surface area (Å²) >= 11 is 0. The highest BCUT2D eigenvalue weighted by atomic mass is 35.5. The number of rotatable bonds is 5. The first-order valence-electron chi connectivity index (χ1n) is 6.66. The monoisotopic (exact) mass is 305 g/mol. The summed E-state index contributed by atoms with van der Waals surface area (Å²) in [6, 6.07) is 13.1. The van der Waals surface area contributed by atoms with Crippen LogP contribution >= 0.6 is 12.4 Å². The molecule has 0 saturated carbocycles. The molecule has 0 aliphatic heterocycles. The van der Waals surface area contributed by atoms with Gasteiger partial charge in [0, 0.05) is 24.9 Å². The maximum atomic E-state index is 12.0. The van der Waals surface area contributed by atoms with E-state index in [9.17, 15) is 4.79 Å². The van der Waals surface area contributed by atoms with E-state index in [1.54, 1.807) is 12.4 Å². The van der Waals surface area contributed by atoms with Crippen molar-refractivity contribution in [2.45, 2.75) is 25.4 Å². The van der Waals surface area contributed by atoms with E-state index in [0.29, 0.717) is 0 Å². The van der Waals surface area contributed by atoms with Crippen LogP contribution in [0.2, 0.25) is 0 Å². The largest absolute Gasteiger partial charge is 0.349 e. The molecule has 1 aromatic heterocycles. The van der Waals surface area contributed by atoms with Crippen molar-refractivity contribution in [1.82, 2.24) is 10.3 Å². The SMILES string of the molecule is CC(NC(=O)CC(N)c1ccccc1)c1cccnc1.Cl. The van der Waals surface area contributed by atoms with Gasteiger partial charge in [0.1, 0.15) is 0 Å². The Morgan fingerprint density at radius 2 is 1.86 bits per heavy atom. The predicted molar refractivity (Wildman–Crippen MR) is 86.0 cm³/mol. The molecule has 21 heavy (non-hydrogen) atoms. The minimum atomic E-state index is -0.280. The highest BCUT2D eigenvalue weighted by molar-refractivity contribution is 5.85. The Hall–Kier alpha value is -1.91. The van der Waals surface area contributed by atoms with Gasteiger partial charge in [-0.3, -0.25) is 9.78 Å². The van der Waals surface area contributed by atoms with Gasteiger partial charge in [0.15, 0.2) is 0 Å². The molecule has 0 aliphatic carbocycles. The second kappa shape index (κ2) is 8.39. The minimum absolute atomic E-state index is 0. The summed E-state index contributed by atoms with van der Waals surface area (Å²) < 4.78 is 0. The van der Waals surface area contributed by atoms with E-state index in [-0.39, 0.29) is 36.8 Å². The van der Waals surface area contributed by atoms with Gasteiger partial charge in [-0.15, -0.1) is 12.4 Å². The Kier molecular flexibility index (Phi) is 6.85. The van der Waals surface area contributed by atoms with Gasteiger partial charge in [-0.25, -0.2) is 0 Å². The highest BCUT2D eigenvalue weighted by Crippen LogP contribution is 2.15. The zero-order valence-electron chi connectivity index (χ0n) is 11.9. The van der Waals surface area contributed by atoms with E-state index in [2.05, 4.69) is 10.3 Å². The molecule has 1 heterocycles. The Balaban J connectivity index is 0.00000220. The lowest BCUT2D eigenvalue weighted by Gasteiger charge is -2.16. The summed E-state index contributed by atoms with van der Waals surface area (Å²) in [5.41, 5.74) is 7.99. The Morgan fingerprint density at radius 3 is 2.48 bits per heavy atom. The van der Waals surface area contributed by atoms with Crippen molar-refractivity contribution >= 4 is 18.3 Å². The normalized spacial score (nSPS) is 12.9. The van der Waals surface area contributed by atoms with Crippen LogP contribution in [0.3, 0.4) is 0 Å². The number of carbonyl (C=O) groups excluding carboxylic acids is 1. The third kappa shape index (κ3) is 5.17. The van der Waals surface area contributed by atoms with Gasteiger partial charge in [-0.2, -0.15) is 0 Å². The van der Waals surface area contributed by atoms with Crippen LogP contribution < -0.4 is 11.1 Å². The number of nitrogens with zero attached hydrogens (tertiary/aromatic N) is 1. The molecule has 0 radical (unpaired) electrons. The molecule has 2 rings (SSSR count). The van der Waals surface area contributed by atoms with E-state index in [0.717, 1.165) is 11.1 Å². The number of aromatic nitrogens is 1. The van der Waals surface area contributed by atoms with Gasteiger partial charge in [0.2, 0.25) is 5.91 Å². The summed E-state index contributed by atoms with van der Waals surface area (Å²) in [6.45, 7) is 1.93. The summed E-state index contributed by atoms with van der Waals surface area (Å²) in [5, 5.41) is 2.94. The average molecular weight is 306 g/mol. The van der Waals surface area contributed by atoms with Crippen LogP contribution in [0.1, 0.15) is 36.6 Å². The number of hydrogen-bond acceptors (Lipinski definition) is 3. The van der Waals surface area contributed by atoms with Gasteiger partial charge < -0.3 is 11.1 Å². The van der Waals surface area contributed by atoms with Crippen LogP contribution in [0.5, 0.6) is 0 Å². The van der Waals surface area contributed by atoms with E-state index in [4.69, 9.17) is 5.73 Å². The standard InChI is InChI=1S/C16H19N3O.ClH/c1-12(14-8-5-9-18-11-14)19-16(20)10-15(17)13-6-3-2-4-7-13;/h2-9,11-12,15H,10,17H2,1H3,(H,19,20);1H. The molecule has 0 aliphatic rings. The van der Waals surface area contributed by atoms with Crippen molar-refractivity contribution < 1.29 is 4.79 Å². The lowest BCUT2D eigenvalue weighted by atomic mass is 10.0. The van der Waals surface area contributed by atoms with E-state index in [1.807, 2.05) is 49.4 Å². The molecule has 1 amide bonds. The fourth-order valence-corrected chi connectivity index (χ4v) is 2.03. The third-order valence-electron chi connectivity index (χ3n) is 3.19. The molecule has 0 fully saturated rings. The zero-order chi connectivity index (χ0) is 14.4. The lowest BCUT2D eigenvalue weighted by molar-refractivity contribution is -0.122. The molecule has 0 saturated heterocycles. The van der Waals surface area contributed by atoms with Crippen LogP contribution in [0.15, 0.2) is 54.9 Å². The number of hydrogen-bond donors (Lipinski definition) is 2. The molecule has 2 unspecified atom stereocenters. The van der Waals surface area contributed by atoms with Gasteiger partial charge in [0.25, 0.3) is 0 Å². The van der Waals surface area contributed by atoms with E-state index in [1.165, 1.54) is 0 Å². The first-order valence-corrected chi connectivity index (χ1v) is 6.66. The summed E-state index contributed by atoms with van der Waals surface area (Å²) in [5.74, 6) is -0.0577. The van der Waals surface area contributed by atoms with E-state index >= 15 is 0 Å². The topological polar surface area (TPSA) is 68.0 Å². The van der Waals surface area contributed by atoms with Crippen molar-refractivity contribution in [2.24, 2.45) is 5.73 Å². The number of nitrogens with one attached hydrogen (secondary N) is 1. The quantitative estimate of drug-likeness (QED) is 0.892. The van der Waals surface area contributed by atoms with Gasteiger partial charge in [0.05, 0.1) is 6.04 Å². The molecule has 1 aromatic carbocycles. The van der Waals surface area contributed by atoms with Gasteiger partial charge >= 0.3 is 0 Å². The molecule has 112 valence electrons. The fraction of sp³-hybridized carbons (Fsp3) is 0.250. The zero-order valence-corrected chi connectivity index (χ0v) is 12.7. The van der Waals surface area contributed by atoms with Gasteiger partial charge in [-0.1, -0.05) is 36.4 Å². The number of carbonyl (C=O) groups is 1. The molecule has 4 nitrogen and oxygen atoms in total. The Bertz CT molecular complexity index is 498. The van der Waals surface area contributed by atoms with Gasteiger partial charge in [-0.05, 0) is 24.1 Å². The van der Waals surface area contributed by atoms with Crippen LogP contribution in [-0.2, 0) is 4.79 Å². The minimum Gasteiger partial charge on any atom is -0.349 e. The second-order valence-corrected chi connectivity index (χ2v) is 4.80. The number of nitrogens with two attached hydrogens (primary N) is 1. The van der Waals surface area contributed by atoms with Crippen molar-refractivity contribution in [3.8, 4) is 0 Å². The average Bonchev–Trinajstić information content (AvgIpc) is 2.49. The molecule has 3 N–H and O–H groups in total. The first kappa shape index (κ1) is 17.1. The Labute approximate surface area is 131 Å². The highest BCUT2D eigenvalue weighted by Gasteiger charge is 2.14. The third-order valence-corrected chi connectivity index (χ3v) is 3.19. The molecule has 2 atom stereocenters. The fourth-order valence-electron chi connectivity index (χ4n) is 2.03. The van der Waals surface area contributed by atoms with E-state index < -0.39 is 0 Å². The maximum Gasteiger partial charge on any atom is 0.222 e. The van der Waals surface area contributed by atoms with Crippen LogP contribution in [0.4, 0.5) is 0 Å². The van der Waals surface area contributed by atoms with Crippen LogP contribution in [-0.4, -0.2) is 10.9 Å². The molecule has 5 heteroatoms. The van der Waals surface area contributed by atoms with Crippen molar-refractivity contribution in [1.29, 1.82) is 0 Å².